The summed E-state index contributed by atoms with van der Waals surface area (Å²) in [7, 11) is 0. The van der Waals surface area contributed by atoms with Gasteiger partial charge >= 0.3 is 6.18 Å². The van der Waals surface area contributed by atoms with Gasteiger partial charge in [-0.05, 0) is 36.8 Å². The molecule has 0 fully saturated rings. The topological polar surface area (TPSA) is 73.8 Å². The highest BCUT2D eigenvalue weighted by molar-refractivity contribution is 5.59. The third kappa shape index (κ3) is 3.79. The molecule has 0 radical (unpaired) electrons. The van der Waals surface area contributed by atoms with Gasteiger partial charge in [0.1, 0.15) is 0 Å². The molecule has 0 amide bonds. The van der Waals surface area contributed by atoms with Gasteiger partial charge in [-0.2, -0.15) is 23.3 Å². The zero-order valence-corrected chi connectivity index (χ0v) is 15.0. The minimum Gasteiger partial charge on any atom is -0.332 e. The Morgan fingerprint density at radius 1 is 1.03 bits per heavy atom. The Bertz CT molecular complexity index is 1240. The second kappa shape index (κ2) is 7.01. The van der Waals surface area contributed by atoms with Crippen LogP contribution in [0.2, 0.25) is 0 Å². The molecule has 2 aromatic carbocycles. The third-order valence-electron chi connectivity index (χ3n) is 4.15. The van der Waals surface area contributed by atoms with Crippen molar-refractivity contribution in [2.75, 3.05) is 0 Å². The highest BCUT2D eigenvalue weighted by Gasteiger charge is 2.31. The van der Waals surface area contributed by atoms with E-state index >= 15 is 0 Å². The van der Waals surface area contributed by atoms with Crippen LogP contribution in [0.15, 0.2) is 70.1 Å². The summed E-state index contributed by atoms with van der Waals surface area (Å²) in [6, 6.07) is 13.3. The van der Waals surface area contributed by atoms with Gasteiger partial charge in [0.05, 0.1) is 11.3 Å². The lowest BCUT2D eigenvalue weighted by molar-refractivity contribution is -0.137. The van der Waals surface area contributed by atoms with Gasteiger partial charge in [0.2, 0.25) is 11.3 Å². The van der Waals surface area contributed by atoms with E-state index in [0.717, 1.165) is 23.4 Å². The molecule has 9 heteroatoms. The van der Waals surface area contributed by atoms with E-state index in [1.807, 2.05) is 31.2 Å². The number of nitrogens with zero attached hydrogens (tertiary/aromatic N) is 4. The number of aromatic nitrogens is 4. The van der Waals surface area contributed by atoms with Crippen LogP contribution >= 0.6 is 0 Å². The number of hydrogen-bond acceptors (Lipinski definition) is 5. The van der Waals surface area contributed by atoms with Gasteiger partial charge in [0.25, 0.3) is 5.89 Å². The highest BCUT2D eigenvalue weighted by Crippen LogP contribution is 2.31. The van der Waals surface area contributed by atoms with Crippen LogP contribution in [-0.4, -0.2) is 19.9 Å². The van der Waals surface area contributed by atoms with Gasteiger partial charge in [-0.15, -0.1) is 0 Å². The standard InChI is InChI=1S/C20H13F3N4O2/c1-12-4-2-7-15(10-12)27-9-8-16(28)17(25-27)19-24-18(26-29-19)13-5-3-6-14(11-13)20(21,22)23/h2-11H,1H3. The first kappa shape index (κ1) is 18.6. The van der Waals surface area contributed by atoms with Crippen LogP contribution in [-0.2, 0) is 6.18 Å². The fourth-order valence-electron chi connectivity index (χ4n) is 2.74. The lowest BCUT2D eigenvalue weighted by Gasteiger charge is -2.06. The number of alkyl halides is 3. The minimum absolute atomic E-state index is 0.0711. The molecule has 29 heavy (non-hydrogen) atoms. The summed E-state index contributed by atoms with van der Waals surface area (Å²) in [6.45, 7) is 1.92. The Labute approximate surface area is 162 Å². The Balaban J connectivity index is 1.74. The number of halogens is 3. The zero-order chi connectivity index (χ0) is 20.6. The molecule has 146 valence electrons. The molecule has 0 atom stereocenters. The van der Waals surface area contributed by atoms with E-state index in [0.29, 0.717) is 0 Å². The maximum atomic E-state index is 12.9. The Hall–Kier alpha value is -3.75. The number of rotatable bonds is 3. The third-order valence-corrected chi connectivity index (χ3v) is 4.15. The predicted molar refractivity (Wildman–Crippen MR) is 98.3 cm³/mol. The van der Waals surface area contributed by atoms with Crippen LogP contribution < -0.4 is 5.43 Å². The molecule has 0 bridgehead atoms. The molecule has 4 rings (SSSR count). The van der Waals surface area contributed by atoms with Crippen LogP contribution in [0.3, 0.4) is 0 Å². The number of benzene rings is 2. The molecule has 0 aliphatic rings. The SMILES string of the molecule is Cc1cccc(-n2ccc(=O)c(-c3nc(-c4cccc(C(F)(F)F)c4)no3)n2)c1. The average Bonchev–Trinajstić information content (AvgIpc) is 3.18. The van der Waals surface area contributed by atoms with Gasteiger partial charge < -0.3 is 4.52 Å². The second-order valence-electron chi connectivity index (χ2n) is 6.31. The van der Waals surface area contributed by atoms with Crippen molar-refractivity contribution < 1.29 is 17.7 Å². The van der Waals surface area contributed by atoms with Crippen LogP contribution in [0.25, 0.3) is 28.7 Å². The Morgan fingerprint density at radius 2 is 1.83 bits per heavy atom. The maximum absolute atomic E-state index is 12.9. The van der Waals surface area contributed by atoms with E-state index in [-0.39, 0.29) is 23.0 Å². The molecule has 0 aliphatic heterocycles. The van der Waals surface area contributed by atoms with Gasteiger partial charge in [-0.1, -0.05) is 29.4 Å². The summed E-state index contributed by atoms with van der Waals surface area (Å²) in [5.41, 5.74) is 0.469. The van der Waals surface area contributed by atoms with E-state index in [4.69, 9.17) is 4.52 Å². The normalized spacial score (nSPS) is 11.6. The van der Waals surface area contributed by atoms with Crippen molar-refractivity contribution in [1.29, 1.82) is 0 Å². The molecule has 2 heterocycles. The van der Waals surface area contributed by atoms with Crippen molar-refractivity contribution in [3.63, 3.8) is 0 Å². The fraction of sp³-hybridized carbons (Fsp3) is 0.100. The molecular weight excluding hydrogens is 385 g/mol. The Kier molecular flexibility index (Phi) is 4.50. The quantitative estimate of drug-likeness (QED) is 0.515. The molecular formula is C20H13F3N4O2. The van der Waals surface area contributed by atoms with Crippen LogP contribution in [0, 0.1) is 6.92 Å². The number of aryl methyl sites for hydroxylation is 1. The van der Waals surface area contributed by atoms with Gasteiger partial charge in [-0.3, -0.25) is 4.79 Å². The summed E-state index contributed by atoms with van der Waals surface area (Å²) in [6.07, 6.45) is -2.99. The largest absolute Gasteiger partial charge is 0.416 e. The van der Waals surface area contributed by atoms with Gasteiger partial charge in [0, 0.05) is 17.8 Å². The molecule has 6 nitrogen and oxygen atoms in total. The minimum atomic E-state index is -4.49. The lowest BCUT2D eigenvalue weighted by Crippen LogP contribution is -2.12. The first-order chi connectivity index (χ1) is 13.8. The molecule has 0 saturated carbocycles. The maximum Gasteiger partial charge on any atom is 0.416 e. The number of hydrogen-bond donors (Lipinski definition) is 0. The Morgan fingerprint density at radius 3 is 2.59 bits per heavy atom. The van der Waals surface area contributed by atoms with Crippen molar-refractivity contribution in [2.45, 2.75) is 13.1 Å². The molecule has 0 N–H and O–H groups in total. The molecule has 0 saturated heterocycles. The molecule has 2 aromatic heterocycles. The van der Waals surface area contributed by atoms with Crippen molar-refractivity contribution in [3.8, 4) is 28.7 Å². The van der Waals surface area contributed by atoms with E-state index in [1.165, 1.54) is 29.1 Å². The van der Waals surface area contributed by atoms with E-state index < -0.39 is 17.2 Å². The van der Waals surface area contributed by atoms with Crippen molar-refractivity contribution >= 4 is 0 Å². The summed E-state index contributed by atoms with van der Waals surface area (Å²) < 4.78 is 45.4. The van der Waals surface area contributed by atoms with E-state index in [1.54, 1.807) is 0 Å². The van der Waals surface area contributed by atoms with Crippen molar-refractivity contribution in [1.82, 2.24) is 19.9 Å². The zero-order valence-electron chi connectivity index (χ0n) is 15.0. The van der Waals surface area contributed by atoms with Gasteiger partial charge in [0.15, 0.2) is 5.69 Å². The molecule has 0 spiro atoms. The van der Waals surface area contributed by atoms with Gasteiger partial charge in [-0.25, -0.2) is 4.68 Å². The molecule has 0 unspecified atom stereocenters. The monoisotopic (exact) mass is 398 g/mol. The van der Waals surface area contributed by atoms with Crippen LogP contribution in [0.5, 0.6) is 0 Å². The van der Waals surface area contributed by atoms with Crippen molar-refractivity contribution in [3.05, 3.63) is 82.1 Å². The first-order valence-electron chi connectivity index (χ1n) is 8.50. The fourth-order valence-corrected chi connectivity index (χ4v) is 2.74. The van der Waals surface area contributed by atoms with Crippen LogP contribution in [0.1, 0.15) is 11.1 Å². The summed E-state index contributed by atoms with van der Waals surface area (Å²) in [4.78, 5) is 16.3. The molecule has 0 aliphatic carbocycles. The molecule has 4 aromatic rings. The van der Waals surface area contributed by atoms with Crippen molar-refractivity contribution in [2.24, 2.45) is 0 Å². The highest BCUT2D eigenvalue weighted by atomic mass is 19.4. The van der Waals surface area contributed by atoms with E-state index in [9.17, 15) is 18.0 Å². The summed E-state index contributed by atoms with van der Waals surface area (Å²) >= 11 is 0. The summed E-state index contributed by atoms with van der Waals surface area (Å²) in [5.74, 6) is -0.248. The first-order valence-corrected chi connectivity index (χ1v) is 8.50. The van der Waals surface area contributed by atoms with E-state index in [2.05, 4.69) is 15.2 Å². The smallest absolute Gasteiger partial charge is 0.332 e. The average molecular weight is 398 g/mol. The summed E-state index contributed by atoms with van der Waals surface area (Å²) in [5, 5.41) is 7.95. The second-order valence-corrected chi connectivity index (χ2v) is 6.31. The van der Waals surface area contributed by atoms with Crippen LogP contribution in [0.4, 0.5) is 13.2 Å². The predicted octanol–water partition coefficient (Wildman–Crippen LogP) is 4.28. The lowest BCUT2D eigenvalue weighted by atomic mass is 10.1.